The molecule has 5 nitrogen and oxygen atoms in total. The molecule has 1 saturated carbocycles. The molecule has 5 heteroatoms. The summed E-state index contributed by atoms with van der Waals surface area (Å²) in [6.07, 6.45) is 1.91. The largest absolute Gasteiger partial charge is 0.351 e. The molecule has 0 radical (unpaired) electrons. The van der Waals surface area contributed by atoms with E-state index < -0.39 is 0 Å². The van der Waals surface area contributed by atoms with E-state index in [1.54, 1.807) is 0 Å². The first-order chi connectivity index (χ1) is 12.8. The third-order valence-electron chi connectivity index (χ3n) is 5.96. The number of carbonyl (C=O) groups excluding carboxylic acids is 1. The Morgan fingerprint density at radius 3 is 2.26 bits per heavy atom. The number of aromatic nitrogens is 2. The monoisotopic (exact) mass is 364 g/mol. The van der Waals surface area contributed by atoms with Crippen molar-refractivity contribution in [3.63, 3.8) is 0 Å². The van der Waals surface area contributed by atoms with Gasteiger partial charge in [-0.15, -0.1) is 5.10 Å². The van der Waals surface area contributed by atoms with E-state index in [0.717, 1.165) is 43.0 Å². The molecule has 0 atom stereocenters. The molecule has 2 fully saturated rings. The lowest BCUT2D eigenvalue weighted by Crippen LogP contribution is -2.61. The summed E-state index contributed by atoms with van der Waals surface area (Å²) in [6, 6.07) is 14.5. The minimum absolute atomic E-state index is 0.00562. The van der Waals surface area contributed by atoms with Gasteiger partial charge in [-0.05, 0) is 30.5 Å². The first-order valence-corrected chi connectivity index (χ1v) is 9.73. The standard InChI is InChI=1S/C22H28N4O/c1-21(2,3)18-10-11-19(24-23-18)26-14-17(15-26)25(4)20(27)22(12-13-22)16-8-6-5-7-9-16/h5-11,17H,12-15H2,1-4H3. The van der Waals surface area contributed by atoms with Gasteiger partial charge in [-0.1, -0.05) is 51.1 Å². The lowest BCUT2D eigenvalue weighted by atomic mass is 9.92. The first-order valence-electron chi connectivity index (χ1n) is 9.73. The van der Waals surface area contributed by atoms with Crippen LogP contribution in [0.4, 0.5) is 5.82 Å². The summed E-state index contributed by atoms with van der Waals surface area (Å²) in [4.78, 5) is 17.3. The smallest absolute Gasteiger partial charge is 0.233 e. The molecule has 1 saturated heterocycles. The van der Waals surface area contributed by atoms with E-state index in [1.165, 1.54) is 0 Å². The molecule has 1 aromatic heterocycles. The van der Waals surface area contributed by atoms with Gasteiger partial charge in [-0.25, -0.2) is 0 Å². The number of hydrogen-bond donors (Lipinski definition) is 0. The number of carbonyl (C=O) groups is 1. The van der Waals surface area contributed by atoms with Gasteiger partial charge in [-0.2, -0.15) is 5.10 Å². The Labute approximate surface area is 161 Å². The summed E-state index contributed by atoms with van der Waals surface area (Å²) in [5.74, 6) is 1.15. The fraction of sp³-hybridized carbons (Fsp3) is 0.500. The molecule has 0 spiro atoms. The van der Waals surface area contributed by atoms with E-state index >= 15 is 0 Å². The molecule has 1 aromatic carbocycles. The highest BCUT2D eigenvalue weighted by Gasteiger charge is 2.53. The predicted molar refractivity (Wildman–Crippen MR) is 107 cm³/mol. The van der Waals surface area contributed by atoms with E-state index in [0.29, 0.717) is 0 Å². The average Bonchev–Trinajstić information content (AvgIpc) is 3.42. The second-order valence-corrected chi connectivity index (χ2v) is 8.95. The zero-order valence-electron chi connectivity index (χ0n) is 16.6. The second-order valence-electron chi connectivity index (χ2n) is 8.95. The predicted octanol–water partition coefficient (Wildman–Crippen LogP) is 3.15. The van der Waals surface area contributed by atoms with Crippen molar-refractivity contribution in [2.45, 2.75) is 50.5 Å². The van der Waals surface area contributed by atoms with Crippen LogP contribution in [0.2, 0.25) is 0 Å². The summed E-state index contributed by atoms with van der Waals surface area (Å²) < 4.78 is 0. The number of amides is 1. The molecule has 4 rings (SSSR count). The highest BCUT2D eigenvalue weighted by Crippen LogP contribution is 2.49. The Morgan fingerprint density at radius 2 is 1.74 bits per heavy atom. The van der Waals surface area contributed by atoms with Crippen LogP contribution in [0.25, 0.3) is 0 Å². The number of rotatable bonds is 4. The van der Waals surface area contributed by atoms with Gasteiger partial charge in [0.15, 0.2) is 5.82 Å². The van der Waals surface area contributed by atoms with Crippen LogP contribution in [-0.4, -0.2) is 47.2 Å². The van der Waals surface area contributed by atoms with Crippen LogP contribution < -0.4 is 4.90 Å². The normalized spacial score (nSPS) is 18.7. The third-order valence-corrected chi connectivity index (χ3v) is 5.96. The summed E-state index contributed by atoms with van der Waals surface area (Å²) in [6.45, 7) is 8.04. The first kappa shape index (κ1) is 18.0. The summed E-state index contributed by atoms with van der Waals surface area (Å²) in [5, 5.41) is 8.76. The van der Waals surface area contributed by atoms with Crippen LogP contribution in [0.15, 0.2) is 42.5 Å². The van der Waals surface area contributed by atoms with Gasteiger partial charge in [0.25, 0.3) is 0 Å². The van der Waals surface area contributed by atoms with Gasteiger partial charge >= 0.3 is 0 Å². The van der Waals surface area contributed by atoms with E-state index in [9.17, 15) is 4.79 Å². The van der Waals surface area contributed by atoms with Gasteiger partial charge in [-0.3, -0.25) is 4.79 Å². The third kappa shape index (κ3) is 3.20. The van der Waals surface area contributed by atoms with Crippen LogP contribution in [0.1, 0.15) is 44.9 Å². The molecule has 142 valence electrons. The Morgan fingerprint density at radius 1 is 1.07 bits per heavy atom. The number of nitrogens with zero attached hydrogens (tertiary/aromatic N) is 4. The maximum Gasteiger partial charge on any atom is 0.233 e. The van der Waals surface area contributed by atoms with Gasteiger partial charge in [0.05, 0.1) is 17.2 Å². The maximum atomic E-state index is 13.1. The minimum atomic E-state index is -0.287. The van der Waals surface area contributed by atoms with Gasteiger partial charge in [0.1, 0.15) is 0 Å². The summed E-state index contributed by atoms with van der Waals surface area (Å²) in [5.41, 5.74) is 1.87. The molecule has 0 N–H and O–H groups in total. The molecule has 1 aliphatic heterocycles. The van der Waals surface area contributed by atoms with Crippen LogP contribution in [0.5, 0.6) is 0 Å². The van der Waals surface area contributed by atoms with Crippen molar-refractivity contribution in [3.05, 3.63) is 53.7 Å². The van der Waals surface area contributed by atoms with Crippen LogP contribution in [0.3, 0.4) is 0 Å². The van der Waals surface area contributed by atoms with E-state index in [1.807, 2.05) is 36.2 Å². The minimum Gasteiger partial charge on any atom is -0.351 e. The molecule has 0 bridgehead atoms. The molecular weight excluding hydrogens is 336 g/mol. The van der Waals surface area contributed by atoms with Crippen LogP contribution in [0, 0.1) is 0 Å². The van der Waals surface area contributed by atoms with E-state index in [-0.39, 0.29) is 22.8 Å². The van der Waals surface area contributed by atoms with Crippen molar-refractivity contribution in [2.75, 3.05) is 25.0 Å². The fourth-order valence-corrected chi connectivity index (χ4v) is 3.79. The molecule has 2 aromatic rings. The Hall–Kier alpha value is -2.43. The Kier molecular flexibility index (Phi) is 4.21. The highest BCUT2D eigenvalue weighted by atomic mass is 16.2. The second kappa shape index (κ2) is 6.32. The molecule has 1 aliphatic carbocycles. The van der Waals surface area contributed by atoms with Crippen molar-refractivity contribution in [2.24, 2.45) is 0 Å². The Balaban J connectivity index is 1.39. The van der Waals surface area contributed by atoms with Crippen LogP contribution in [-0.2, 0) is 15.6 Å². The lowest BCUT2D eigenvalue weighted by molar-refractivity contribution is -0.135. The molecular formula is C22H28N4O. The zero-order chi connectivity index (χ0) is 19.2. The highest BCUT2D eigenvalue weighted by molar-refractivity contribution is 5.91. The van der Waals surface area contributed by atoms with Gasteiger partial charge < -0.3 is 9.80 Å². The van der Waals surface area contributed by atoms with Crippen molar-refractivity contribution in [3.8, 4) is 0 Å². The molecule has 1 amide bonds. The average molecular weight is 364 g/mol. The van der Waals surface area contributed by atoms with Crippen molar-refractivity contribution < 1.29 is 4.79 Å². The van der Waals surface area contributed by atoms with Crippen molar-refractivity contribution in [1.82, 2.24) is 15.1 Å². The number of benzene rings is 1. The maximum absolute atomic E-state index is 13.1. The summed E-state index contributed by atoms with van der Waals surface area (Å²) in [7, 11) is 1.95. The van der Waals surface area contributed by atoms with Crippen LogP contribution >= 0.6 is 0 Å². The van der Waals surface area contributed by atoms with Crippen molar-refractivity contribution in [1.29, 1.82) is 0 Å². The molecule has 2 heterocycles. The molecule has 0 unspecified atom stereocenters. The van der Waals surface area contributed by atoms with E-state index in [4.69, 9.17) is 0 Å². The summed E-state index contributed by atoms with van der Waals surface area (Å²) >= 11 is 0. The van der Waals surface area contributed by atoms with E-state index in [2.05, 4.69) is 54.1 Å². The topological polar surface area (TPSA) is 49.3 Å². The number of anilines is 1. The Bertz CT molecular complexity index is 816. The number of hydrogen-bond acceptors (Lipinski definition) is 4. The fourth-order valence-electron chi connectivity index (χ4n) is 3.79. The van der Waals surface area contributed by atoms with Gasteiger partial charge in [0.2, 0.25) is 5.91 Å². The SMILES string of the molecule is CN(C(=O)C1(c2ccccc2)CC1)C1CN(c2ccc(C(C)(C)C)nn2)C1. The quantitative estimate of drug-likeness (QED) is 0.836. The number of likely N-dealkylation sites (N-methyl/N-ethyl adjacent to an activating group) is 1. The van der Waals surface area contributed by atoms with Crippen molar-refractivity contribution >= 4 is 11.7 Å². The van der Waals surface area contributed by atoms with Gasteiger partial charge in [0, 0.05) is 25.6 Å². The molecule has 2 aliphatic rings. The lowest BCUT2D eigenvalue weighted by Gasteiger charge is -2.45. The zero-order valence-corrected chi connectivity index (χ0v) is 16.6. The molecule has 27 heavy (non-hydrogen) atoms.